The van der Waals surface area contributed by atoms with Gasteiger partial charge in [0.2, 0.25) is 5.91 Å². The van der Waals surface area contributed by atoms with Crippen LogP contribution in [0, 0.1) is 0 Å². The van der Waals surface area contributed by atoms with Crippen molar-refractivity contribution in [1.29, 1.82) is 0 Å². The zero-order valence-corrected chi connectivity index (χ0v) is 19.3. The van der Waals surface area contributed by atoms with Gasteiger partial charge in [0.25, 0.3) is 0 Å². The number of unbranched alkanes of at least 4 members (excludes halogenated alkanes) is 10. The fourth-order valence-electron chi connectivity index (χ4n) is 3.83. The maximum absolute atomic E-state index is 12.0. The number of carbonyl (C=O) groups is 1. The fraction of sp³-hybridized carbons (Fsp3) is 0.731. The first-order valence-corrected chi connectivity index (χ1v) is 12.4. The molecule has 1 amide bonds. The molecule has 0 saturated carbocycles. The summed E-state index contributed by atoms with van der Waals surface area (Å²) in [4.78, 5) is 12.0. The van der Waals surface area contributed by atoms with Gasteiger partial charge in [-0.25, -0.2) is 0 Å². The molecule has 0 aliphatic heterocycles. The third-order valence-electron chi connectivity index (χ3n) is 5.80. The van der Waals surface area contributed by atoms with E-state index in [-0.39, 0.29) is 12.0 Å². The van der Waals surface area contributed by atoms with Crippen LogP contribution in [0.1, 0.15) is 114 Å². The molecule has 172 valence electrons. The Hall–Kier alpha value is -1.39. The van der Waals surface area contributed by atoms with Crippen LogP contribution in [0.3, 0.4) is 0 Å². The molecule has 0 spiro atoms. The van der Waals surface area contributed by atoms with Gasteiger partial charge in [-0.1, -0.05) is 102 Å². The van der Waals surface area contributed by atoms with E-state index in [9.17, 15) is 9.90 Å². The first-order valence-electron chi connectivity index (χ1n) is 12.4. The van der Waals surface area contributed by atoms with Crippen LogP contribution in [0.2, 0.25) is 0 Å². The quantitative estimate of drug-likeness (QED) is 0.241. The monoisotopic (exact) mass is 418 g/mol. The van der Waals surface area contributed by atoms with Crippen LogP contribution in [-0.2, 0) is 17.9 Å². The minimum atomic E-state index is -0.0788. The van der Waals surface area contributed by atoms with Crippen molar-refractivity contribution in [2.75, 3.05) is 0 Å². The van der Waals surface area contributed by atoms with Crippen molar-refractivity contribution in [2.45, 2.75) is 122 Å². The Labute approximate surface area is 185 Å². The first-order chi connectivity index (χ1) is 14.7. The molecule has 4 heteroatoms. The smallest absolute Gasteiger partial charge is 0.220 e. The van der Waals surface area contributed by atoms with Crippen LogP contribution in [0.25, 0.3) is 0 Å². The van der Waals surface area contributed by atoms with Crippen molar-refractivity contribution < 1.29 is 9.90 Å². The Bertz CT molecular complexity index is 548. The molecule has 4 nitrogen and oxygen atoms in total. The van der Waals surface area contributed by atoms with Gasteiger partial charge in [0.05, 0.1) is 6.10 Å². The summed E-state index contributed by atoms with van der Waals surface area (Å²) in [7, 11) is 0. The van der Waals surface area contributed by atoms with E-state index < -0.39 is 0 Å². The minimum Gasteiger partial charge on any atom is -0.393 e. The maximum Gasteiger partial charge on any atom is 0.220 e. The van der Waals surface area contributed by atoms with Crippen LogP contribution in [0.15, 0.2) is 24.3 Å². The van der Waals surface area contributed by atoms with Crippen LogP contribution < -0.4 is 11.1 Å². The van der Waals surface area contributed by atoms with Gasteiger partial charge in [-0.05, 0) is 30.4 Å². The molecule has 1 unspecified atom stereocenters. The number of hydrogen-bond acceptors (Lipinski definition) is 3. The number of benzene rings is 1. The van der Waals surface area contributed by atoms with Crippen molar-refractivity contribution in [3.05, 3.63) is 35.4 Å². The minimum absolute atomic E-state index is 0.0788. The topological polar surface area (TPSA) is 75.3 Å². The average Bonchev–Trinajstić information content (AvgIpc) is 2.76. The molecule has 0 radical (unpaired) electrons. The van der Waals surface area contributed by atoms with Crippen LogP contribution in [-0.4, -0.2) is 17.1 Å². The SMILES string of the molecule is CCCCCC(O)CCCCCCCCCCCC(=O)NCc1cccc(CN)c1. The molecule has 0 bridgehead atoms. The van der Waals surface area contributed by atoms with Gasteiger partial charge < -0.3 is 16.2 Å². The second-order valence-corrected chi connectivity index (χ2v) is 8.67. The van der Waals surface area contributed by atoms with E-state index in [0.29, 0.717) is 19.5 Å². The lowest BCUT2D eigenvalue weighted by Gasteiger charge is -2.09. The van der Waals surface area contributed by atoms with E-state index in [4.69, 9.17) is 5.73 Å². The lowest BCUT2D eigenvalue weighted by molar-refractivity contribution is -0.121. The Morgan fingerprint density at radius 2 is 1.47 bits per heavy atom. The van der Waals surface area contributed by atoms with Crippen LogP contribution >= 0.6 is 0 Å². The Morgan fingerprint density at radius 1 is 0.900 bits per heavy atom. The van der Waals surface area contributed by atoms with Crippen molar-refractivity contribution >= 4 is 5.91 Å². The second-order valence-electron chi connectivity index (χ2n) is 8.67. The molecule has 4 N–H and O–H groups in total. The van der Waals surface area contributed by atoms with Crippen molar-refractivity contribution in [2.24, 2.45) is 5.73 Å². The molecule has 0 aromatic heterocycles. The predicted molar refractivity (Wildman–Crippen MR) is 127 cm³/mol. The van der Waals surface area contributed by atoms with Gasteiger partial charge in [0.1, 0.15) is 0 Å². The molecule has 0 fully saturated rings. The highest BCUT2D eigenvalue weighted by Crippen LogP contribution is 2.14. The summed E-state index contributed by atoms with van der Waals surface area (Å²) >= 11 is 0. The molecule has 1 rings (SSSR count). The van der Waals surface area contributed by atoms with Crippen molar-refractivity contribution in [3.8, 4) is 0 Å². The summed E-state index contributed by atoms with van der Waals surface area (Å²) in [5.74, 6) is 0.144. The molecule has 1 atom stereocenters. The zero-order chi connectivity index (χ0) is 21.9. The lowest BCUT2D eigenvalue weighted by atomic mass is 10.0. The highest BCUT2D eigenvalue weighted by Gasteiger charge is 2.04. The molecule has 1 aromatic rings. The van der Waals surface area contributed by atoms with Crippen LogP contribution in [0.5, 0.6) is 0 Å². The maximum atomic E-state index is 12.0. The normalized spacial score (nSPS) is 12.1. The number of nitrogens with two attached hydrogens (primary N) is 1. The van der Waals surface area contributed by atoms with E-state index in [2.05, 4.69) is 18.3 Å². The highest BCUT2D eigenvalue weighted by molar-refractivity contribution is 5.75. The number of aliphatic hydroxyl groups is 1. The number of nitrogens with one attached hydrogen (secondary N) is 1. The summed E-state index contributed by atoms with van der Waals surface area (Å²) < 4.78 is 0. The molecule has 30 heavy (non-hydrogen) atoms. The summed E-state index contributed by atoms with van der Waals surface area (Å²) in [6.07, 6.45) is 17.0. The summed E-state index contributed by atoms with van der Waals surface area (Å²) in [5.41, 5.74) is 7.86. The average molecular weight is 419 g/mol. The van der Waals surface area contributed by atoms with Crippen molar-refractivity contribution in [1.82, 2.24) is 5.32 Å². The Balaban J connectivity index is 1.87. The number of carbonyl (C=O) groups excluding carboxylic acids is 1. The number of amides is 1. The van der Waals surface area contributed by atoms with Gasteiger partial charge in [-0.15, -0.1) is 0 Å². The van der Waals surface area contributed by atoms with E-state index in [1.165, 1.54) is 64.2 Å². The predicted octanol–water partition coefficient (Wildman–Crippen LogP) is 5.99. The fourth-order valence-corrected chi connectivity index (χ4v) is 3.83. The highest BCUT2D eigenvalue weighted by atomic mass is 16.3. The van der Waals surface area contributed by atoms with E-state index >= 15 is 0 Å². The molecule has 0 aliphatic carbocycles. The third-order valence-corrected chi connectivity index (χ3v) is 5.80. The summed E-state index contributed by atoms with van der Waals surface area (Å²) in [6, 6.07) is 8.07. The van der Waals surface area contributed by atoms with E-state index in [0.717, 1.165) is 36.8 Å². The molecule has 1 aromatic carbocycles. The van der Waals surface area contributed by atoms with Gasteiger partial charge in [0, 0.05) is 19.5 Å². The Morgan fingerprint density at radius 3 is 2.10 bits per heavy atom. The summed E-state index contributed by atoms with van der Waals surface area (Å²) in [6.45, 7) is 3.32. The molecule has 0 heterocycles. The Kier molecular flexibility index (Phi) is 16.3. The standard InChI is InChI=1S/C26H46N2O2/c1-2-3-11-17-25(29)18-12-9-7-5-4-6-8-10-13-19-26(30)28-22-24-16-14-15-23(20-24)21-27/h14-16,20,25,29H,2-13,17-19,21-22,27H2,1H3,(H,28,30). The van der Waals surface area contributed by atoms with Gasteiger partial charge in [0.15, 0.2) is 0 Å². The molecular formula is C26H46N2O2. The zero-order valence-electron chi connectivity index (χ0n) is 19.3. The van der Waals surface area contributed by atoms with E-state index in [1.807, 2.05) is 18.2 Å². The molecule has 0 aliphatic rings. The molecular weight excluding hydrogens is 372 g/mol. The number of rotatable bonds is 19. The molecule has 0 saturated heterocycles. The van der Waals surface area contributed by atoms with Gasteiger partial charge in [-0.2, -0.15) is 0 Å². The first kappa shape index (κ1) is 26.6. The van der Waals surface area contributed by atoms with E-state index in [1.54, 1.807) is 0 Å². The third kappa shape index (κ3) is 14.6. The number of aliphatic hydroxyl groups excluding tert-OH is 1. The van der Waals surface area contributed by atoms with Gasteiger partial charge in [-0.3, -0.25) is 4.79 Å². The summed E-state index contributed by atoms with van der Waals surface area (Å²) in [5, 5.41) is 12.9. The second kappa shape index (κ2) is 18.4. The van der Waals surface area contributed by atoms with Gasteiger partial charge >= 0.3 is 0 Å². The van der Waals surface area contributed by atoms with Crippen molar-refractivity contribution in [3.63, 3.8) is 0 Å². The lowest BCUT2D eigenvalue weighted by Crippen LogP contribution is -2.22. The largest absolute Gasteiger partial charge is 0.393 e. The van der Waals surface area contributed by atoms with Crippen LogP contribution in [0.4, 0.5) is 0 Å². The number of hydrogen-bond donors (Lipinski definition) is 3.